The fourth-order valence-electron chi connectivity index (χ4n) is 3.22. The van der Waals surface area contributed by atoms with E-state index in [1.165, 1.54) is 0 Å². The summed E-state index contributed by atoms with van der Waals surface area (Å²) in [6.07, 6.45) is 3.40. The minimum Gasteiger partial charge on any atom is -0.394 e. The van der Waals surface area contributed by atoms with Crippen molar-refractivity contribution in [2.75, 3.05) is 13.2 Å². The molecule has 0 unspecified atom stereocenters. The zero-order valence-electron chi connectivity index (χ0n) is 14.6. The molecule has 1 aliphatic rings. The highest BCUT2D eigenvalue weighted by Crippen LogP contribution is 2.16. The minimum atomic E-state index is -0.303. The number of benzene rings is 1. The summed E-state index contributed by atoms with van der Waals surface area (Å²) in [4.78, 5) is 26.0. The van der Waals surface area contributed by atoms with Crippen LogP contribution in [0.15, 0.2) is 24.3 Å². The number of nitrogens with one attached hydrogen (secondary N) is 1. The van der Waals surface area contributed by atoms with Crippen LogP contribution < -0.4 is 5.32 Å². The Morgan fingerprint density at radius 2 is 2.08 bits per heavy atom. The number of hydrogen-bond acceptors (Lipinski definition) is 3. The molecule has 0 saturated carbocycles. The molecule has 1 fully saturated rings. The number of rotatable bonds is 7. The van der Waals surface area contributed by atoms with Crippen molar-refractivity contribution < 1.29 is 14.7 Å². The molecular formula is C19H28N2O3. The molecule has 1 aromatic carbocycles. The number of likely N-dealkylation sites (tertiary alicyclic amines) is 1. The molecule has 132 valence electrons. The molecule has 0 radical (unpaired) electrons. The van der Waals surface area contributed by atoms with Crippen LogP contribution in [0.3, 0.4) is 0 Å². The highest BCUT2D eigenvalue weighted by Gasteiger charge is 2.25. The van der Waals surface area contributed by atoms with Gasteiger partial charge in [-0.15, -0.1) is 0 Å². The number of aryl methyl sites for hydroxylation is 1. The molecule has 1 saturated heterocycles. The molecule has 0 spiro atoms. The van der Waals surface area contributed by atoms with Gasteiger partial charge in [-0.2, -0.15) is 0 Å². The lowest BCUT2D eigenvalue weighted by Gasteiger charge is -2.32. The number of piperidine rings is 1. The maximum atomic E-state index is 12.3. The van der Waals surface area contributed by atoms with E-state index in [4.69, 9.17) is 0 Å². The smallest absolute Gasteiger partial charge is 0.222 e. The maximum absolute atomic E-state index is 12.3. The van der Waals surface area contributed by atoms with Crippen LogP contribution in [0.4, 0.5) is 0 Å². The monoisotopic (exact) mass is 332 g/mol. The van der Waals surface area contributed by atoms with Crippen molar-refractivity contribution in [2.45, 2.75) is 58.0 Å². The normalized spacial score (nSPS) is 17.5. The van der Waals surface area contributed by atoms with E-state index >= 15 is 0 Å². The Morgan fingerprint density at radius 1 is 1.33 bits per heavy atom. The number of nitrogens with zero attached hydrogens (tertiary/aromatic N) is 1. The predicted molar refractivity (Wildman–Crippen MR) is 93.5 cm³/mol. The summed E-state index contributed by atoms with van der Waals surface area (Å²) in [5.41, 5.74) is 2.27. The SMILES string of the molecule is Cc1ccccc1C[C@H](CO)NC(=O)C[C@H](C)N1CCCCC1=O. The minimum absolute atomic E-state index is 0.100. The van der Waals surface area contributed by atoms with Gasteiger partial charge >= 0.3 is 0 Å². The zero-order valence-corrected chi connectivity index (χ0v) is 14.6. The van der Waals surface area contributed by atoms with E-state index in [-0.39, 0.29) is 36.9 Å². The van der Waals surface area contributed by atoms with E-state index in [1.807, 2.05) is 38.1 Å². The fraction of sp³-hybridized carbons (Fsp3) is 0.579. The fourth-order valence-corrected chi connectivity index (χ4v) is 3.22. The summed E-state index contributed by atoms with van der Waals surface area (Å²) in [5, 5.41) is 12.5. The Bertz CT molecular complexity index is 573. The number of hydrogen-bond donors (Lipinski definition) is 2. The van der Waals surface area contributed by atoms with Gasteiger partial charge in [-0.1, -0.05) is 24.3 Å². The second-order valence-electron chi connectivity index (χ2n) is 6.68. The van der Waals surface area contributed by atoms with Crippen LogP contribution in [-0.4, -0.2) is 47.1 Å². The van der Waals surface area contributed by atoms with Gasteiger partial charge in [0.1, 0.15) is 0 Å². The Balaban J connectivity index is 1.87. The van der Waals surface area contributed by atoms with E-state index < -0.39 is 0 Å². The van der Waals surface area contributed by atoms with Gasteiger partial charge in [0.25, 0.3) is 0 Å². The Kier molecular flexibility index (Phi) is 6.79. The largest absolute Gasteiger partial charge is 0.394 e. The van der Waals surface area contributed by atoms with Gasteiger partial charge in [-0.25, -0.2) is 0 Å². The molecule has 2 atom stereocenters. The number of carbonyl (C=O) groups excluding carboxylic acids is 2. The van der Waals surface area contributed by atoms with E-state index in [0.717, 1.165) is 30.5 Å². The average Bonchev–Trinajstić information content (AvgIpc) is 2.56. The molecule has 1 aromatic rings. The maximum Gasteiger partial charge on any atom is 0.222 e. The van der Waals surface area contributed by atoms with Gasteiger partial charge in [0.2, 0.25) is 11.8 Å². The van der Waals surface area contributed by atoms with Crippen molar-refractivity contribution in [3.05, 3.63) is 35.4 Å². The third-order valence-electron chi connectivity index (χ3n) is 4.69. The lowest BCUT2D eigenvalue weighted by molar-refractivity contribution is -0.136. The predicted octanol–water partition coefficient (Wildman–Crippen LogP) is 1.81. The van der Waals surface area contributed by atoms with E-state index in [0.29, 0.717) is 12.8 Å². The first-order valence-corrected chi connectivity index (χ1v) is 8.75. The standard InChI is InChI=1S/C19H28N2O3/c1-14-7-3-4-8-16(14)12-17(13-22)20-18(23)11-15(2)21-10-6-5-9-19(21)24/h3-4,7-8,15,17,22H,5-6,9-13H2,1-2H3,(H,20,23)/t15-,17+/m0/s1. The summed E-state index contributed by atoms with van der Waals surface area (Å²) >= 11 is 0. The molecule has 2 amide bonds. The zero-order chi connectivity index (χ0) is 17.5. The van der Waals surface area contributed by atoms with Crippen molar-refractivity contribution >= 4 is 11.8 Å². The highest BCUT2D eigenvalue weighted by molar-refractivity contribution is 5.80. The first-order valence-electron chi connectivity index (χ1n) is 8.75. The van der Waals surface area contributed by atoms with E-state index in [2.05, 4.69) is 5.32 Å². The third-order valence-corrected chi connectivity index (χ3v) is 4.69. The number of carbonyl (C=O) groups is 2. The third kappa shape index (κ3) is 5.06. The lowest BCUT2D eigenvalue weighted by Crippen LogP contribution is -2.46. The van der Waals surface area contributed by atoms with Crippen LogP contribution in [0.5, 0.6) is 0 Å². The van der Waals surface area contributed by atoms with Crippen molar-refractivity contribution in [3.63, 3.8) is 0 Å². The Morgan fingerprint density at radius 3 is 2.75 bits per heavy atom. The van der Waals surface area contributed by atoms with Crippen LogP contribution in [0.2, 0.25) is 0 Å². The van der Waals surface area contributed by atoms with Gasteiger partial charge in [-0.05, 0) is 44.2 Å². The molecule has 2 N–H and O–H groups in total. The summed E-state index contributed by atoms with van der Waals surface area (Å²) in [6, 6.07) is 7.57. The van der Waals surface area contributed by atoms with Crippen molar-refractivity contribution in [1.82, 2.24) is 10.2 Å². The van der Waals surface area contributed by atoms with Crippen LogP contribution >= 0.6 is 0 Å². The Labute approximate surface area is 144 Å². The van der Waals surface area contributed by atoms with Gasteiger partial charge in [-0.3, -0.25) is 9.59 Å². The molecular weight excluding hydrogens is 304 g/mol. The van der Waals surface area contributed by atoms with Crippen molar-refractivity contribution in [1.29, 1.82) is 0 Å². The molecule has 2 rings (SSSR count). The van der Waals surface area contributed by atoms with Crippen LogP contribution in [0.25, 0.3) is 0 Å². The van der Waals surface area contributed by atoms with Gasteiger partial charge in [0.05, 0.1) is 12.6 Å². The van der Waals surface area contributed by atoms with Crippen LogP contribution in [0, 0.1) is 6.92 Å². The average molecular weight is 332 g/mol. The molecule has 0 bridgehead atoms. The lowest BCUT2D eigenvalue weighted by atomic mass is 10.0. The molecule has 24 heavy (non-hydrogen) atoms. The van der Waals surface area contributed by atoms with Gasteiger partial charge < -0.3 is 15.3 Å². The molecule has 1 heterocycles. The molecule has 0 aromatic heterocycles. The van der Waals surface area contributed by atoms with Crippen LogP contribution in [0.1, 0.15) is 43.7 Å². The number of aliphatic hydroxyl groups is 1. The van der Waals surface area contributed by atoms with E-state index in [1.54, 1.807) is 4.90 Å². The second-order valence-corrected chi connectivity index (χ2v) is 6.68. The first-order chi connectivity index (χ1) is 11.5. The van der Waals surface area contributed by atoms with Gasteiger partial charge in [0, 0.05) is 25.4 Å². The van der Waals surface area contributed by atoms with Crippen molar-refractivity contribution in [3.8, 4) is 0 Å². The second kappa shape index (κ2) is 8.83. The summed E-state index contributed by atoms with van der Waals surface area (Å²) in [7, 11) is 0. The number of amides is 2. The number of aliphatic hydroxyl groups excluding tert-OH is 1. The summed E-state index contributed by atoms with van der Waals surface area (Å²) in [6.45, 7) is 4.57. The molecule has 1 aliphatic heterocycles. The van der Waals surface area contributed by atoms with Crippen molar-refractivity contribution in [2.24, 2.45) is 0 Å². The highest BCUT2D eigenvalue weighted by atomic mass is 16.3. The molecule has 0 aliphatic carbocycles. The van der Waals surface area contributed by atoms with E-state index in [9.17, 15) is 14.7 Å². The summed E-state index contributed by atoms with van der Waals surface area (Å²) < 4.78 is 0. The topological polar surface area (TPSA) is 69.6 Å². The Hall–Kier alpha value is -1.88. The summed E-state index contributed by atoms with van der Waals surface area (Å²) in [5.74, 6) is 0.0219. The van der Waals surface area contributed by atoms with Crippen LogP contribution in [-0.2, 0) is 16.0 Å². The first kappa shape index (κ1) is 18.5. The molecule has 5 nitrogen and oxygen atoms in total. The molecule has 5 heteroatoms. The van der Waals surface area contributed by atoms with Gasteiger partial charge in [0.15, 0.2) is 0 Å². The quantitative estimate of drug-likeness (QED) is 0.800.